The van der Waals surface area contributed by atoms with Crippen LogP contribution in [-0.2, 0) is 0 Å². The van der Waals surface area contributed by atoms with Crippen molar-refractivity contribution in [1.82, 2.24) is 24.7 Å². The molecule has 0 saturated carbocycles. The fourth-order valence-corrected chi connectivity index (χ4v) is 1.26. The van der Waals surface area contributed by atoms with E-state index in [0.29, 0.717) is 11.9 Å². The van der Waals surface area contributed by atoms with Gasteiger partial charge in [-0.05, 0) is 26.8 Å². The largest absolute Gasteiger partial charge is 0.368 e. The Morgan fingerprint density at radius 1 is 1.24 bits per heavy atom. The van der Waals surface area contributed by atoms with Crippen molar-refractivity contribution < 1.29 is 0 Å². The van der Waals surface area contributed by atoms with E-state index < -0.39 is 0 Å². The minimum Gasteiger partial charge on any atom is -0.368 e. The first-order valence-corrected chi connectivity index (χ1v) is 5.24. The molecule has 0 spiro atoms. The zero-order valence-corrected chi connectivity index (χ0v) is 10.0. The molecular weight excluding hydrogens is 218 g/mol. The highest BCUT2D eigenvalue weighted by Crippen LogP contribution is 2.13. The Bertz CT molecular complexity index is 497. The molecule has 2 heterocycles. The highest BCUT2D eigenvalue weighted by molar-refractivity contribution is 5.37. The van der Waals surface area contributed by atoms with Crippen molar-refractivity contribution in [1.29, 1.82) is 0 Å². The highest BCUT2D eigenvalue weighted by Gasteiger charge is 2.15. The summed E-state index contributed by atoms with van der Waals surface area (Å²) in [5.74, 6) is 1.12. The van der Waals surface area contributed by atoms with Gasteiger partial charge in [0, 0.05) is 17.9 Å². The lowest BCUT2D eigenvalue weighted by Crippen LogP contribution is -2.26. The molecule has 0 bridgehead atoms. The number of nitrogens with two attached hydrogens (primary N) is 1. The van der Waals surface area contributed by atoms with Crippen molar-refractivity contribution >= 4 is 11.9 Å². The summed E-state index contributed by atoms with van der Waals surface area (Å²) in [5, 5.41) is 7.34. The Labute approximate surface area is 99.1 Å². The summed E-state index contributed by atoms with van der Waals surface area (Å²) in [5.41, 5.74) is 5.63. The second kappa shape index (κ2) is 4.00. The highest BCUT2D eigenvalue weighted by atomic mass is 15.5. The summed E-state index contributed by atoms with van der Waals surface area (Å²) >= 11 is 0. The normalized spacial score (nSPS) is 11.5. The smallest absolute Gasteiger partial charge is 0.253 e. The Morgan fingerprint density at radius 3 is 2.47 bits per heavy atom. The molecule has 0 unspecified atom stereocenters. The van der Waals surface area contributed by atoms with Crippen molar-refractivity contribution in [2.24, 2.45) is 0 Å². The Hall–Kier alpha value is -2.18. The van der Waals surface area contributed by atoms with Gasteiger partial charge in [-0.15, -0.1) is 5.10 Å². The average molecular weight is 233 g/mol. The second-order valence-corrected chi connectivity index (χ2v) is 4.63. The first-order chi connectivity index (χ1) is 7.96. The number of rotatable bonds is 2. The monoisotopic (exact) mass is 233 g/mol. The summed E-state index contributed by atoms with van der Waals surface area (Å²) in [7, 11) is 0. The number of hydrogen-bond acceptors (Lipinski definition) is 6. The van der Waals surface area contributed by atoms with Crippen molar-refractivity contribution in [3.05, 3.63) is 18.5 Å². The van der Waals surface area contributed by atoms with Crippen LogP contribution in [0.4, 0.5) is 11.9 Å². The summed E-state index contributed by atoms with van der Waals surface area (Å²) in [6, 6.07) is 1.73. The van der Waals surface area contributed by atoms with Gasteiger partial charge in [-0.1, -0.05) is 0 Å². The number of nitrogens with one attached hydrogen (secondary N) is 1. The van der Waals surface area contributed by atoms with E-state index >= 15 is 0 Å². The predicted molar refractivity (Wildman–Crippen MR) is 64.7 cm³/mol. The maximum absolute atomic E-state index is 5.76. The molecule has 17 heavy (non-hydrogen) atoms. The van der Waals surface area contributed by atoms with E-state index in [9.17, 15) is 0 Å². The molecule has 2 rings (SSSR count). The first-order valence-electron chi connectivity index (χ1n) is 5.24. The number of hydrogen-bond donors (Lipinski definition) is 2. The van der Waals surface area contributed by atoms with Gasteiger partial charge in [0.05, 0.1) is 0 Å². The molecule has 7 heteroatoms. The lowest BCUT2D eigenvalue weighted by molar-refractivity contribution is 0.624. The molecular formula is C10H15N7. The van der Waals surface area contributed by atoms with E-state index in [2.05, 4.69) is 25.4 Å². The van der Waals surface area contributed by atoms with Gasteiger partial charge in [0.1, 0.15) is 0 Å². The molecule has 0 atom stereocenters. The van der Waals surface area contributed by atoms with Crippen LogP contribution in [0.1, 0.15) is 20.8 Å². The SMILES string of the molecule is CC(C)(C)Nc1nc(N)n(-c2ncccn2)n1. The lowest BCUT2D eigenvalue weighted by atomic mass is 10.1. The Balaban J connectivity index is 2.32. The number of aromatic nitrogens is 5. The lowest BCUT2D eigenvalue weighted by Gasteiger charge is -2.18. The quantitative estimate of drug-likeness (QED) is 0.798. The standard InChI is InChI=1S/C10H15N7/c1-10(2,3)15-8-14-7(11)17(16-8)9-12-5-4-6-13-9/h4-6H,1-3H3,(H3,11,14,15,16). The molecule has 0 aliphatic carbocycles. The fourth-order valence-electron chi connectivity index (χ4n) is 1.26. The van der Waals surface area contributed by atoms with Crippen molar-refractivity contribution in [2.45, 2.75) is 26.3 Å². The van der Waals surface area contributed by atoms with Crippen LogP contribution in [0.15, 0.2) is 18.5 Å². The van der Waals surface area contributed by atoms with Crippen molar-refractivity contribution in [2.75, 3.05) is 11.1 Å². The van der Waals surface area contributed by atoms with Crippen LogP contribution in [0.2, 0.25) is 0 Å². The van der Waals surface area contributed by atoms with Crippen LogP contribution in [0.25, 0.3) is 5.95 Å². The van der Waals surface area contributed by atoms with Crippen LogP contribution in [0, 0.1) is 0 Å². The third-order valence-corrected chi connectivity index (χ3v) is 1.86. The fraction of sp³-hybridized carbons (Fsp3) is 0.400. The molecule has 7 nitrogen and oxygen atoms in total. The zero-order valence-electron chi connectivity index (χ0n) is 10.0. The third kappa shape index (κ3) is 2.68. The summed E-state index contributed by atoms with van der Waals surface area (Å²) in [6.45, 7) is 6.05. The Kier molecular flexibility index (Phi) is 2.66. The number of nitrogen functional groups attached to an aromatic ring is 1. The number of anilines is 2. The molecule has 0 aliphatic rings. The molecule has 2 aromatic heterocycles. The van der Waals surface area contributed by atoms with Gasteiger partial charge in [0.25, 0.3) is 5.95 Å². The first kappa shape index (κ1) is 11.3. The maximum atomic E-state index is 5.76. The van der Waals surface area contributed by atoms with Crippen LogP contribution in [-0.4, -0.2) is 30.3 Å². The van der Waals surface area contributed by atoms with Crippen molar-refractivity contribution in [3.63, 3.8) is 0 Å². The van der Waals surface area contributed by atoms with E-state index in [0.717, 1.165) is 0 Å². The predicted octanol–water partition coefficient (Wildman–Crippen LogP) is 0.850. The third-order valence-electron chi connectivity index (χ3n) is 1.86. The van der Waals surface area contributed by atoms with Crippen LogP contribution in [0.3, 0.4) is 0 Å². The molecule has 2 aromatic rings. The van der Waals surface area contributed by atoms with E-state index in [-0.39, 0.29) is 11.5 Å². The molecule has 0 fully saturated rings. The zero-order chi connectivity index (χ0) is 12.5. The van der Waals surface area contributed by atoms with Gasteiger partial charge < -0.3 is 11.1 Å². The van der Waals surface area contributed by atoms with Gasteiger partial charge in [0.15, 0.2) is 0 Å². The Morgan fingerprint density at radius 2 is 1.88 bits per heavy atom. The van der Waals surface area contributed by atoms with Crippen LogP contribution < -0.4 is 11.1 Å². The molecule has 0 saturated heterocycles. The topological polar surface area (TPSA) is 94.5 Å². The van der Waals surface area contributed by atoms with Gasteiger partial charge in [-0.25, -0.2) is 9.97 Å². The van der Waals surface area contributed by atoms with Gasteiger partial charge in [-0.3, -0.25) is 0 Å². The maximum Gasteiger partial charge on any atom is 0.253 e. The van der Waals surface area contributed by atoms with Crippen LogP contribution >= 0.6 is 0 Å². The van der Waals surface area contributed by atoms with Gasteiger partial charge in [-0.2, -0.15) is 9.67 Å². The number of nitrogens with zero attached hydrogens (tertiary/aromatic N) is 5. The van der Waals surface area contributed by atoms with Gasteiger partial charge in [0.2, 0.25) is 11.9 Å². The van der Waals surface area contributed by atoms with E-state index in [1.165, 1.54) is 4.68 Å². The molecule has 0 amide bonds. The summed E-state index contributed by atoms with van der Waals surface area (Å²) in [6.07, 6.45) is 3.25. The van der Waals surface area contributed by atoms with E-state index in [1.54, 1.807) is 18.5 Å². The van der Waals surface area contributed by atoms with E-state index in [1.807, 2.05) is 20.8 Å². The molecule has 90 valence electrons. The average Bonchev–Trinajstić information content (AvgIpc) is 2.58. The summed E-state index contributed by atoms with van der Waals surface area (Å²) in [4.78, 5) is 12.2. The minimum atomic E-state index is -0.129. The van der Waals surface area contributed by atoms with Gasteiger partial charge >= 0.3 is 0 Å². The molecule has 0 aliphatic heterocycles. The van der Waals surface area contributed by atoms with Crippen molar-refractivity contribution in [3.8, 4) is 5.95 Å². The molecule has 0 radical (unpaired) electrons. The summed E-state index contributed by atoms with van der Waals surface area (Å²) < 4.78 is 1.40. The molecule has 0 aromatic carbocycles. The van der Waals surface area contributed by atoms with E-state index in [4.69, 9.17) is 5.73 Å². The molecule has 3 N–H and O–H groups in total. The second-order valence-electron chi connectivity index (χ2n) is 4.63. The minimum absolute atomic E-state index is 0.129. The van der Waals surface area contributed by atoms with Crippen LogP contribution in [0.5, 0.6) is 0 Å².